The van der Waals surface area contributed by atoms with Crippen LogP contribution in [-0.2, 0) is 6.42 Å². The molecule has 8 heteroatoms. The van der Waals surface area contributed by atoms with Crippen molar-refractivity contribution in [3.05, 3.63) is 72.2 Å². The second kappa shape index (κ2) is 8.32. The summed E-state index contributed by atoms with van der Waals surface area (Å²) in [5.41, 5.74) is 2.18. The number of benzene rings is 2. The Balaban J connectivity index is 1.64. The lowest BCUT2D eigenvalue weighted by Gasteiger charge is -2.12. The monoisotopic (exact) mass is 405 g/mol. The van der Waals surface area contributed by atoms with E-state index in [1.165, 1.54) is 18.1 Å². The third-order valence-corrected chi connectivity index (χ3v) is 5.39. The maximum absolute atomic E-state index is 12.7. The summed E-state index contributed by atoms with van der Waals surface area (Å²) in [5.74, 6) is 0.995. The van der Waals surface area contributed by atoms with E-state index >= 15 is 0 Å². The largest absolute Gasteiger partial charge is 0.497 e. The maximum atomic E-state index is 12.7. The quantitative estimate of drug-likeness (QED) is 0.487. The molecule has 0 radical (unpaired) electrons. The first-order valence-electron chi connectivity index (χ1n) is 9.10. The van der Waals surface area contributed by atoms with Gasteiger partial charge >= 0.3 is 0 Å². The smallest absolute Gasteiger partial charge is 0.255 e. The summed E-state index contributed by atoms with van der Waals surface area (Å²) in [6, 6.07) is 16.7. The molecule has 1 N–H and O–H groups in total. The molecule has 0 atom stereocenters. The SMILES string of the molecule is CCc1cc(Sc2ccccc2NC(=O)c2cccc(OC)c2)n2ncnc2n1. The standard InChI is InChI=1S/C21H19N5O2S/c1-3-15-12-19(26-21(24-15)22-13-23-26)29-18-10-5-4-9-17(18)25-20(27)14-7-6-8-16(11-14)28-2/h4-13H,3H2,1-2H3,(H,25,27). The Labute approximate surface area is 172 Å². The third kappa shape index (κ3) is 4.07. The second-order valence-electron chi connectivity index (χ2n) is 6.20. The van der Waals surface area contributed by atoms with Crippen molar-refractivity contribution in [2.24, 2.45) is 0 Å². The molecule has 7 nitrogen and oxygen atoms in total. The molecule has 0 saturated heterocycles. The van der Waals surface area contributed by atoms with Crippen LogP contribution in [0.1, 0.15) is 23.0 Å². The van der Waals surface area contributed by atoms with Gasteiger partial charge in [0.25, 0.3) is 11.7 Å². The van der Waals surface area contributed by atoms with Crippen molar-refractivity contribution in [1.82, 2.24) is 19.6 Å². The molecule has 146 valence electrons. The Bertz CT molecular complexity index is 1170. The molecule has 0 spiro atoms. The first-order valence-corrected chi connectivity index (χ1v) is 9.91. The van der Waals surface area contributed by atoms with E-state index in [-0.39, 0.29) is 5.91 Å². The number of nitrogens with zero attached hydrogens (tertiary/aromatic N) is 4. The molecule has 2 aromatic carbocycles. The number of hydrogen-bond acceptors (Lipinski definition) is 6. The van der Waals surface area contributed by atoms with Gasteiger partial charge in [-0.25, -0.2) is 4.98 Å². The fraction of sp³-hybridized carbons (Fsp3) is 0.143. The number of carbonyl (C=O) groups excluding carboxylic acids is 1. The van der Waals surface area contributed by atoms with Crippen LogP contribution in [0.5, 0.6) is 5.75 Å². The minimum absolute atomic E-state index is 0.202. The predicted molar refractivity (Wildman–Crippen MR) is 112 cm³/mol. The van der Waals surface area contributed by atoms with Crippen molar-refractivity contribution in [3.63, 3.8) is 0 Å². The Morgan fingerprint density at radius 2 is 2.03 bits per heavy atom. The number of aromatic nitrogens is 4. The summed E-state index contributed by atoms with van der Waals surface area (Å²) in [7, 11) is 1.58. The topological polar surface area (TPSA) is 81.4 Å². The minimum Gasteiger partial charge on any atom is -0.497 e. The average molecular weight is 405 g/mol. The van der Waals surface area contributed by atoms with E-state index in [1.807, 2.05) is 37.3 Å². The van der Waals surface area contributed by atoms with Crippen LogP contribution in [-0.4, -0.2) is 32.6 Å². The number of ether oxygens (including phenoxy) is 1. The lowest BCUT2D eigenvalue weighted by Crippen LogP contribution is -2.12. The molecule has 4 rings (SSSR count). The van der Waals surface area contributed by atoms with Gasteiger partial charge in [-0.2, -0.15) is 14.6 Å². The van der Waals surface area contributed by atoms with Gasteiger partial charge in [0, 0.05) is 16.2 Å². The van der Waals surface area contributed by atoms with Gasteiger partial charge in [0.05, 0.1) is 12.8 Å². The molecule has 0 aliphatic heterocycles. The van der Waals surface area contributed by atoms with Crippen LogP contribution in [0.2, 0.25) is 0 Å². The van der Waals surface area contributed by atoms with Gasteiger partial charge in [-0.15, -0.1) is 0 Å². The van der Waals surface area contributed by atoms with E-state index in [4.69, 9.17) is 4.74 Å². The molecule has 0 aliphatic rings. The lowest BCUT2D eigenvalue weighted by molar-refractivity contribution is 0.102. The summed E-state index contributed by atoms with van der Waals surface area (Å²) in [6.45, 7) is 2.05. The highest BCUT2D eigenvalue weighted by atomic mass is 32.2. The highest BCUT2D eigenvalue weighted by molar-refractivity contribution is 7.99. The van der Waals surface area contributed by atoms with Gasteiger partial charge in [-0.1, -0.05) is 36.9 Å². The number of rotatable bonds is 6. The molecule has 0 fully saturated rings. The summed E-state index contributed by atoms with van der Waals surface area (Å²) in [4.78, 5) is 22.3. The van der Waals surface area contributed by atoms with E-state index in [9.17, 15) is 4.79 Å². The van der Waals surface area contributed by atoms with E-state index in [0.717, 1.165) is 22.0 Å². The number of anilines is 1. The first kappa shape index (κ1) is 18.9. The van der Waals surface area contributed by atoms with Crippen molar-refractivity contribution in [2.75, 3.05) is 12.4 Å². The van der Waals surface area contributed by atoms with E-state index < -0.39 is 0 Å². The zero-order chi connectivity index (χ0) is 20.2. The van der Waals surface area contributed by atoms with Gasteiger partial charge in [-0.05, 0) is 42.8 Å². The van der Waals surface area contributed by atoms with E-state index in [2.05, 4.69) is 20.4 Å². The zero-order valence-corrected chi connectivity index (χ0v) is 16.8. The number of aryl methyl sites for hydroxylation is 1. The molecule has 0 unspecified atom stereocenters. The van der Waals surface area contributed by atoms with E-state index in [1.54, 1.807) is 35.9 Å². The lowest BCUT2D eigenvalue weighted by atomic mass is 10.2. The fourth-order valence-corrected chi connectivity index (χ4v) is 3.83. The van der Waals surface area contributed by atoms with Gasteiger partial charge in [0.2, 0.25) is 0 Å². The average Bonchev–Trinajstić information content (AvgIpc) is 3.24. The van der Waals surface area contributed by atoms with Gasteiger partial charge in [0.1, 0.15) is 17.1 Å². The Morgan fingerprint density at radius 1 is 1.17 bits per heavy atom. The van der Waals surface area contributed by atoms with Crippen LogP contribution < -0.4 is 10.1 Å². The number of carbonyl (C=O) groups is 1. The van der Waals surface area contributed by atoms with Crippen LogP contribution in [0.15, 0.2) is 70.8 Å². The summed E-state index contributed by atoms with van der Waals surface area (Å²) in [5, 5.41) is 8.14. The number of fused-ring (bicyclic) bond motifs is 1. The highest BCUT2D eigenvalue weighted by Gasteiger charge is 2.13. The number of nitrogens with one attached hydrogen (secondary N) is 1. The highest BCUT2D eigenvalue weighted by Crippen LogP contribution is 2.34. The number of methoxy groups -OCH3 is 1. The second-order valence-corrected chi connectivity index (χ2v) is 7.26. The molecule has 0 saturated carbocycles. The molecule has 4 aromatic rings. The summed E-state index contributed by atoms with van der Waals surface area (Å²) >= 11 is 1.50. The number of para-hydroxylation sites is 1. The normalized spacial score (nSPS) is 10.8. The molecule has 2 aromatic heterocycles. The van der Waals surface area contributed by atoms with Gasteiger partial charge in [-0.3, -0.25) is 4.79 Å². The molecule has 2 heterocycles. The van der Waals surface area contributed by atoms with Crippen LogP contribution in [0.3, 0.4) is 0 Å². The number of amides is 1. The zero-order valence-electron chi connectivity index (χ0n) is 16.0. The van der Waals surface area contributed by atoms with Crippen molar-refractivity contribution in [3.8, 4) is 5.75 Å². The number of hydrogen-bond donors (Lipinski definition) is 1. The first-order chi connectivity index (χ1) is 14.2. The molecule has 29 heavy (non-hydrogen) atoms. The fourth-order valence-electron chi connectivity index (χ4n) is 2.82. The maximum Gasteiger partial charge on any atom is 0.255 e. The third-order valence-electron chi connectivity index (χ3n) is 4.32. The van der Waals surface area contributed by atoms with Crippen LogP contribution >= 0.6 is 11.8 Å². The Morgan fingerprint density at radius 3 is 2.86 bits per heavy atom. The predicted octanol–water partition coefficient (Wildman–Crippen LogP) is 4.10. The Hall–Kier alpha value is -3.39. The van der Waals surface area contributed by atoms with Crippen molar-refractivity contribution >= 4 is 29.1 Å². The van der Waals surface area contributed by atoms with E-state index in [0.29, 0.717) is 22.8 Å². The molecular formula is C21H19N5O2S. The molecule has 0 bridgehead atoms. The van der Waals surface area contributed by atoms with Crippen molar-refractivity contribution < 1.29 is 9.53 Å². The summed E-state index contributed by atoms with van der Waals surface area (Å²) in [6.07, 6.45) is 2.29. The molecular weight excluding hydrogens is 386 g/mol. The molecule has 0 aliphatic carbocycles. The Kier molecular flexibility index (Phi) is 5.44. The van der Waals surface area contributed by atoms with Crippen molar-refractivity contribution in [1.29, 1.82) is 0 Å². The molecule has 1 amide bonds. The minimum atomic E-state index is -0.202. The van der Waals surface area contributed by atoms with Crippen molar-refractivity contribution in [2.45, 2.75) is 23.3 Å². The van der Waals surface area contributed by atoms with Crippen LogP contribution in [0.25, 0.3) is 5.78 Å². The van der Waals surface area contributed by atoms with Crippen LogP contribution in [0, 0.1) is 0 Å². The van der Waals surface area contributed by atoms with Gasteiger partial charge < -0.3 is 10.1 Å². The summed E-state index contributed by atoms with van der Waals surface area (Å²) < 4.78 is 6.91. The van der Waals surface area contributed by atoms with Crippen LogP contribution in [0.4, 0.5) is 5.69 Å². The van der Waals surface area contributed by atoms with Gasteiger partial charge in [0.15, 0.2) is 0 Å².